The van der Waals surface area contributed by atoms with Crippen LogP contribution in [0.2, 0.25) is 0 Å². The van der Waals surface area contributed by atoms with Crippen molar-refractivity contribution in [2.24, 2.45) is 11.3 Å². The summed E-state index contributed by atoms with van der Waals surface area (Å²) in [6.07, 6.45) is 5.79. The number of allylic oxidation sites excluding steroid dienone is 2. The van der Waals surface area contributed by atoms with Gasteiger partial charge in [0.1, 0.15) is 28.7 Å². The van der Waals surface area contributed by atoms with Crippen LogP contribution in [-0.4, -0.2) is 39.7 Å². The second-order valence-electron chi connectivity index (χ2n) is 18.8. The molecule has 0 saturated heterocycles. The molecule has 5 aromatic rings. The maximum Gasteiger partial charge on any atom is 0.243 e. The molecule has 7 unspecified atom stereocenters. The van der Waals surface area contributed by atoms with E-state index in [-0.39, 0.29) is 23.9 Å². The van der Waals surface area contributed by atoms with Gasteiger partial charge in [-0.05, 0) is 147 Å². The molecule has 7 heteroatoms. The van der Waals surface area contributed by atoms with Crippen molar-refractivity contribution in [2.45, 2.75) is 151 Å². The van der Waals surface area contributed by atoms with E-state index in [1.807, 2.05) is 84.9 Å². The Morgan fingerprint density at radius 2 is 0.881 bits per heavy atom. The van der Waals surface area contributed by atoms with Crippen LogP contribution in [0.3, 0.4) is 0 Å². The molecule has 0 saturated carbocycles. The molecule has 0 radical (unpaired) electrons. The van der Waals surface area contributed by atoms with Gasteiger partial charge < -0.3 is 33.2 Å². The molecule has 7 atom stereocenters. The van der Waals surface area contributed by atoms with Crippen LogP contribution in [-0.2, 0) is 9.47 Å². The van der Waals surface area contributed by atoms with Gasteiger partial charge in [-0.3, -0.25) is 0 Å². The number of methoxy groups -OCH3 is 2. The minimum absolute atomic E-state index is 0.0354. The first-order valence-electron chi connectivity index (χ1n) is 24.6. The van der Waals surface area contributed by atoms with Crippen molar-refractivity contribution in [1.82, 2.24) is 0 Å². The highest BCUT2D eigenvalue weighted by Gasteiger charge is 2.39. The van der Waals surface area contributed by atoms with Gasteiger partial charge in [0.2, 0.25) is 18.9 Å². The molecule has 0 amide bonds. The normalized spacial score (nSPS) is 17.3. The molecule has 364 valence electrons. The standard InChI is InChI=1S/C21H32O2.C20H26O2.C19H24O3/c1-7-15(2)18-8-10-19(11-9-18)23-20(22-6)21(5)13-12-16(3)17(4)14-21;1-5-16(4)17-11-13-19(14-12-17)22-20(15(2)3)21-18-9-7-6-8-10-18;1-4-15(2)16-10-12-18(13-11-16)22-19(20-3)14-21-17-8-6-5-7-9-17/h8-11,15,20H,7,12-14H2,1-6H3;6-16,20H,5H2,1-4H3;5-13,15,19H,4,14H2,1-3H3. The second-order valence-corrected chi connectivity index (χ2v) is 18.8. The zero-order valence-corrected chi connectivity index (χ0v) is 43.1. The molecule has 1 aliphatic carbocycles. The van der Waals surface area contributed by atoms with Crippen LogP contribution >= 0.6 is 0 Å². The highest BCUT2D eigenvalue weighted by atomic mass is 16.7. The summed E-state index contributed by atoms with van der Waals surface area (Å²) in [4.78, 5) is 0. The summed E-state index contributed by atoms with van der Waals surface area (Å²) in [6, 6.07) is 44.5. The predicted molar refractivity (Wildman–Crippen MR) is 277 cm³/mol. The average molecular weight is 915 g/mol. The fourth-order valence-corrected chi connectivity index (χ4v) is 7.71. The number of ether oxygens (including phenoxy) is 7. The summed E-state index contributed by atoms with van der Waals surface area (Å²) in [5, 5.41) is 0. The summed E-state index contributed by atoms with van der Waals surface area (Å²) >= 11 is 0. The molecule has 0 fully saturated rings. The Hall–Kier alpha value is -5.24. The highest BCUT2D eigenvalue weighted by Crippen LogP contribution is 2.43. The van der Waals surface area contributed by atoms with Gasteiger partial charge in [-0.2, -0.15) is 0 Å². The third-order valence-corrected chi connectivity index (χ3v) is 13.1. The van der Waals surface area contributed by atoms with Crippen LogP contribution in [0.5, 0.6) is 28.7 Å². The van der Waals surface area contributed by atoms with Gasteiger partial charge in [-0.15, -0.1) is 0 Å². The Labute approximate surface area is 405 Å². The third kappa shape index (κ3) is 17.7. The molecular formula is C60H82O7. The van der Waals surface area contributed by atoms with Gasteiger partial charge in [0.25, 0.3) is 0 Å². The van der Waals surface area contributed by atoms with Crippen molar-refractivity contribution in [3.8, 4) is 28.7 Å². The summed E-state index contributed by atoms with van der Waals surface area (Å²) < 4.78 is 40.7. The first kappa shape index (κ1) is 54.4. The van der Waals surface area contributed by atoms with Crippen molar-refractivity contribution in [1.29, 1.82) is 0 Å². The first-order chi connectivity index (χ1) is 32.2. The number of hydrogen-bond acceptors (Lipinski definition) is 7. The molecule has 6 rings (SSSR count). The van der Waals surface area contributed by atoms with E-state index in [4.69, 9.17) is 33.2 Å². The van der Waals surface area contributed by atoms with Gasteiger partial charge in [0.05, 0.1) is 0 Å². The van der Waals surface area contributed by atoms with E-state index >= 15 is 0 Å². The SMILES string of the molecule is CCC(C)c1ccc(OC(COc2ccccc2)OC)cc1.CCC(C)c1ccc(OC(OC)C2(C)CCC(C)=C(C)C2)cc1.CCC(C)c1ccc(OC(Oc2ccccc2)C(C)C)cc1. The molecular weight excluding hydrogens is 833 g/mol. The Bertz CT molecular complexity index is 2120. The maximum atomic E-state index is 6.21. The van der Waals surface area contributed by atoms with E-state index in [9.17, 15) is 0 Å². The topological polar surface area (TPSA) is 64.6 Å². The summed E-state index contributed by atoms with van der Waals surface area (Å²) in [7, 11) is 3.37. The Balaban J connectivity index is 0.000000219. The minimum atomic E-state index is -0.436. The van der Waals surface area contributed by atoms with E-state index in [0.29, 0.717) is 24.4 Å². The van der Waals surface area contributed by atoms with Crippen molar-refractivity contribution in [3.63, 3.8) is 0 Å². The van der Waals surface area contributed by atoms with E-state index in [1.165, 1.54) is 27.8 Å². The van der Waals surface area contributed by atoms with Gasteiger partial charge in [-0.25, -0.2) is 0 Å². The monoisotopic (exact) mass is 915 g/mol. The van der Waals surface area contributed by atoms with Crippen molar-refractivity contribution in [3.05, 3.63) is 161 Å². The van der Waals surface area contributed by atoms with Gasteiger partial charge in [-0.1, -0.05) is 146 Å². The largest absolute Gasteiger partial charge is 0.487 e. The molecule has 7 nitrogen and oxygen atoms in total. The second kappa shape index (κ2) is 28.2. The van der Waals surface area contributed by atoms with Crippen LogP contribution < -0.4 is 23.7 Å². The lowest BCUT2D eigenvalue weighted by Crippen LogP contribution is -2.40. The number of para-hydroxylation sites is 2. The molecule has 1 aliphatic rings. The Morgan fingerprint density at radius 3 is 1.27 bits per heavy atom. The first-order valence-corrected chi connectivity index (χ1v) is 24.6. The number of benzene rings is 5. The van der Waals surface area contributed by atoms with Crippen molar-refractivity contribution < 1.29 is 33.2 Å². The number of hydrogen-bond donors (Lipinski definition) is 0. The Morgan fingerprint density at radius 1 is 0.478 bits per heavy atom. The summed E-state index contributed by atoms with van der Waals surface area (Å²) in [6.45, 7) is 24.6. The minimum Gasteiger partial charge on any atom is -0.487 e. The van der Waals surface area contributed by atoms with Crippen LogP contribution in [0.25, 0.3) is 0 Å². The quantitative estimate of drug-likeness (QED) is 0.0537. The third-order valence-electron chi connectivity index (χ3n) is 13.1. The van der Waals surface area contributed by atoms with Crippen LogP contribution in [0.4, 0.5) is 0 Å². The highest BCUT2D eigenvalue weighted by molar-refractivity contribution is 5.32. The van der Waals surface area contributed by atoms with Crippen molar-refractivity contribution in [2.75, 3.05) is 20.8 Å². The zero-order valence-electron chi connectivity index (χ0n) is 43.1. The lowest BCUT2D eigenvalue weighted by atomic mass is 9.73. The zero-order chi connectivity index (χ0) is 48.8. The average Bonchev–Trinajstić information content (AvgIpc) is 3.36. The van der Waals surface area contributed by atoms with Crippen LogP contribution in [0.15, 0.2) is 145 Å². The lowest BCUT2D eigenvalue weighted by Gasteiger charge is -2.40. The maximum absolute atomic E-state index is 6.21. The molecule has 5 aromatic carbocycles. The van der Waals surface area contributed by atoms with E-state index in [2.05, 4.69) is 125 Å². The molecule has 0 N–H and O–H groups in total. The molecule has 67 heavy (non-hydrogen) atoms. The molecule has 0 bridgehead atoms. The van der Waals surface area contributed by atoms with E-state index < -0.39 is 6.29 Å². The van der Waals surface area contributed by atoms with Crippen LogP contribution in [0, 0.1) is 11.3 Å². The van der Waals surface area contributed by atoms with Crippen LogP contribution in [0.1, 0.15) is 149 Å². The smallest absolute Gasteiger partial charge is 0.243 e. The predicted octanol–water partition coefficient (Wildman–Crippen LogP) is 16.3. The van der Waals surface area contributed by atoms with Gasteiger partial charge in [0, 0.05) is 25.6 Å². The molecule has 0 spiro atoms. The fourth-order valence-electron chi connectivity index (χ4n) is 7.71. The summed E-state index contributed by atoms with van der Waals surface area (Å²) in [5.74, 6) is 6.16. The van der Waals surface area contributed by atoms with E-state index in [1.54, 1.807) is 14.2 Å². The summed E-state index contributed by atoms with van der Waals surface area (Å²) in [5.41, 5.74) is 7.08. The fraction of sp³-hybridized carbons (Fsp3) is 0.467. The van der Waals surface area contributed by atoms with Gasteiger partial charge in [0.15, 0.2) is 6.61 Å². The van der Waals surface area contributed by atoms with Crippen molar-refractivity contribution >= 4 is 0 Å². The van der Waals surface area contributed by atoms with E-state index in [0.717, 1.165) is 67.3 Å². The van der Waals surface area contributed by atoms with Gasteiger partial charge >= 0.3 is 0 Å². The number of rotatable bonds is 21. The molecule has 0 aromatic heterocycles. The Kier molecular flexibility index (Phi) is 22.9. The molecule has 0 aliphatic heterocycles. The lowest BCUT2D eigenvalue weighted by molar-refractivity contribution is -0.138. The molecule has 0 heterocycles.